The topological polar surface area (TPSA) is 90.0 Å². The van der Waals surface area contributed by atoms with Gasteiger partial charge in [-0.1, -0.05) is 26.0 Å². The van der Waals surface area contributed by atoms with Crippen molar-refractivity contribution in [3.05, 3.63) is 29.8 Å². The lowest BCUT2D eigenvalue weighted by Crippen LogP contribution is -2.44. The molecule has 1 heterocycles. The highest BCUT2D eigenvalue weighted by Crippen LogP contribution is 2.19. The highest BCUT2D eigenvalue weighted by atomic mass is 32.2. The summed E-state index contributed by atoms with van der Waals surface area (Å²) in [6.45, 7) is 5.34. The minimum absolute atomic E-state index is 0.0502. The summed E-state index contributed by atoms with van der Waals surface area (Å²) in [5.74, 6) is -0.104. The van der Waals surface area contributed by atoms with Crippen molar-refractivity contribution >= 4 is 21.7 Å². The number of sulfone groups is 1. The van der Waals surface area contributed by atoms with Crippen LogP contribution >= 0.6 is 0 Å². The lowest BCUT2D eigenvalue weighted by atomic mass is 10.0. The Morgan fingerprint density at radius 1 is 1.19 bits per heavy atom. The van der Waals surface area contributed by atoms with E-state index in [1.807, 2.05) is 12.1 Å². The zero-order valence-corrected chi connectivity index (χ0v) is 17.0. The van der Waals surface area contributed by atoms with Crippen molar-refractivity contribution in [3.63, 3.8) is 0 Å². The van der Waals surface area contributed by atoms with Crippen molar-refractivity contribution in [3.8, 4) is 5.75 Å². The molecule has 27 heavy (non-hydrogen) atoms. The van der Waals surface area contributed by atoms with Crippen LogP contribution in [0.25, 0.3) is 0 Å². The van der Waals surface area contributed by atoms with E-state index in [0.29, 0.717) is 18.1 Å². The number of ether oxygens (including phenoxy) is 2. The standard InChI is InChI=1S/C19H27NO6S/c1-13(2)15-5-7-17(8-6-15)25-11-18(21)26-14(3)19(22)20(4)16-9-10-27(23,24)12-16/h5-8,13-14,16H,9-12H2,1-4H3/t14-,16-/m1/s1. The quantitative estimate of drug-likeness (QED) is 0.652. The molecule has 0 spiro atoms. The van der Waals surface area contributed by atoms with Crippen LogP contribution in [-0.4, -0.2) is 62.5 Å². The van der Waals surface area contributed by atoms with Crippen LogP contribution in [0, 0.1) is 0 Å². The number of carbonyl (C=O) groups is 2. The van der Waals surface area contributed by atoms with E-state index >= 15 is 0 Å². The van der Waals surface area contributed by atoms with E-state index in [2.05, 4.69) is 13.8 Å². The number of hydrogen-bond acceptors (Lipinski definition) is 6. The molecule has 1 amide bonds. The maximum absolute atomic E-state index is 12.4. The molecule has 1 saturated heterocycles. The van der Waals surface area contributed by atoms with E-state index in [1.165, 1.54) is 24.4 Å². The van der Waals surface area contributed by atoms with Gasteiger partial charge in [-0.3, -0.25) is 4.79 Å². The molecule has 150 valence electrons. The van der Waals surface area contributed by atoms with Crippen LogP contribution in [-0.2, 0) is 24.2 Å². The average molecular weight is 397 g/mol. The molecule has 1 aliphatic rings. The van der Waals surface area contributed by atoms with E-state index in [9.17, 15) is 18.0 Å². The molecule has 1 aromatic carbocycles. The molecule has 0 saturated carbocycles. The molecule has 0 N–H and O–H groups in total. The largest absolute Gasteiger partial charge is 0.482 e. The maximum Gasteiger partial charge on any atom is 0.344 e. The summed E-state index contributed by atoms with van der Waals surface area (Å²) in [5, 5.41) is 0. The summed E-state index contributed by atoms with van der Waals surface area (Å²) in [6, 6.07) is 7.06. The van der Waals surface area contributed by atoms with E-state index in [-0.39, 0.29) is 24.2 Å². The zero-order valence-electron chi connectivity index (χ0n) is 16.2. The van der Waals surface area contributed by atoms with Gasteiger partial charge in [-0.2, -0.15) is 0 Å². The smallest absolute Gasteiger partial charge is 0.344 e. The Labute approximate surface area is 160 Å². The zero-order chi connectivity index (χ0) is 20.2. The van der Waals surface area contributed by atoms with Crippen molar-refractivity contribution in [2.75, 3.05) is 25.2 Å². The van der Waals surface area contributed by atoms with Gasteiger partial charge in [0.25, 0.3) is 5.91 Å². The molecule has 8 heteroatoms. The number of esters is 1. The Balaban J connectivity index is 1.81. The first-order valence-corrected chi connectivity index (χ1v) is 10.8. The van der Waals surface area contributed by atoms with Gasteiger partial charge in [0.05, 0.1) is 11.5 Å². The Bertz CT molecular complexity index is 772. The highest BCUT2D eigenvalue weighted by molar-refractivity contribution is 7.91. The van der Waals surface area contributed by atoms with Crippen molar-refractivity contribution in [1.82, 2.24) is 4.90 Å². The third-order valence-corrected chi connectivity index (χ3v) is 6.41. The molecule has 0 bridgehead atoms. The van der Waals surface area contributed by atoms with Crippen LogP contribution in [0.4, 0.5) is 0 Å². The predicted molar refractivity (Wildman–Crippen MR) is 101 cm³/mol. The van der Waals surface area contributed by atoms with Crippen molar-refractivity contribution in [2.24, 2.45) is 0 Å². The number of likely N-dealkylation sites (N-methyl/N-ethyl adjacent to an activating group) is 1. The molecule has 1 aromatic rings. The third kappa shape index (κ3) is 5.95. The van der Waals surface area contributed by atoms with E-state index in [1.54, 1.807) is 12.1 Å². The molecule has 2 atom stereocenters. The second-order valence-electron chi connectivity index (χ2n) is 7.15. The van der Waals surface area contributed by atoms with Crippen LogP contribution < -0.4 is 4.74 Å². The van der Waals surface area contributed by atoms with Gasteiger partial charge in [0.2, 0.25) is 0 Å². The first kappa shape index (κ1) is 21.2. The number of carbonyl (C=O) groups excluding carboxylic acids is 2. The lowest BCUT2D eigenvalue weighted by Gasteiger charge is -2.26. The van der Waals surface area contributed by atoms with Crippen LogP contribution in [0.15, 0.2) is 24.3 Å². The van der Waals surface area contributed by atoms with Crippen molar-refractivity contribution in [2.45, 2.75) is 45.3 Å². The molecule has 0 radical (unpaired) electrons. The number of amides is 1. The van der Waals surface area contributed by atoms with E-state index in [4.69, 9.17) is 9.47 Å². The summed E-state index contributed by atoms with van der Waals surface area (Å²) in [4.78, 5) is 25.7. The number of benzene rings is 1. The van der Waals surface area contributed by atoms with Crippen LogP contribution in [0.5, 0.6) is 5.75 Å². The molecular formula is C19H27NO6S. The molecular weight excluding hydrogens is 370 g/mol. The van der Waals surface area contributed by atoms with Crippen molar-refractivity contribution in [1.29, 1.82) is 0 Å². The molecule has 0 unspecified atom stereocenters. The summed E-state index contributed by atoms with van der Waals surface area (Å²) < 4.78 is 33.6. The monoisotopic (exact) mass is 397 g/mol. The summed E-state index contributed by atoms with van der Waals surface area (Å²) in [7, 11) is -1.56. The van der Waals surface area contributed by atoms with Gasteiger partial charge in [0, 0.05) is 13.1 Å². The molecule has 2 rings (SSSR count). The summed E-state index contributed by atoms with van der Waals surface area (Å²) in [6.07, 6.45) is -0.599. The van der Waals surface area contributed by atoms with E-state index < -0.39 is 27.8 Å². The van der Waals surface area contributed by atoms with Gasteiger partial charge in [0.15, 0.2) is 22.5 Å². The minimum Gasteiger partial charge on any atom is -0.482 e. The molecule has 0 aliphatic carbocycles. The fraction of sp³-hybridized carbons (Fsp3) is 0.579. The minimum atomic E-state index is -3.09. The van der Waals surface area contributed by atoms with Gasteiger partial charge in [-0.15, -0.1) is 0 Å². The Morgan fingerprint density at radius 3 is 2.33 bits per heavy atom. The third-order valence-electron chi connectivity index (χ3n) is 4.66. The Morgan fingerprint density at radius 2 is 1.81 bits per heavy atom. The molecule has 1 fully saturated rings. The van der Waals surface area contributed by atoms with Gasteiger partial charge in [-0.05, 0) is 37.0 Å². The fourth-order valence-electron chi connectivity index (χ4n) is 2.92. The average Bonchev–Trinajstić information content (AvgIpc) is 2.98. The normalized spacial score (nSPS) is 19.5. The molecule has 7 nitrogen and oxygen atoms in total. The summed E-state index contributed by atoms with van der Waals surface area (Å²) >= 11 is 0. The van der Waals surface area contributed by atoms with Gasteiger partial charge >= 0.3 is 5.97 Å². The Hall–Kier alpha value is -2.09. The highest BCUT2D eigenvalue weighted by Gasteiger charge is 2.34. The van der Waals surface area contributed by atoms with Gasteiger partial charge < -0.3 is 14.4 Å². The first-order valence-electron chi connectivity index (χ1n) is 8.98. The van der Waals surface area contributed by atoms with Crippen LogP contribution in [0.2, 0.25) is 0 Å². The van der Waals surface area contributed by atoms with Crippen LogP contribution in [0.1, 0.15) is 38.7 Å². The predicted octanol–water partition coefficient (Wildman–Crippen LogP) is 1.77. The van der Waals surface area contributed by atoms with E-state index in [0.717, 1.165) is 0 Å². The molecule has 0 aromatic heterocycles. The maximum atomic E-state index is 12.4. The van der Waals surface area contributed by atoms with Gasteiger partial charge in [-0.25, -0.2) is 13.2 Å². The Kier molecular flexibility index (Phi) is 6.86. The van der Waals surface area contributed by atoms with Crippen LogP contribution in [0.3, 0.4) is 0 Å². The first-order chi connectivity index (χ1) is 12.6. The summed E-state index contributed by atoms with van der Waals surface area (Å²) in [5.41, 5.74) is 1.17. The van der Waals surface area contributed by atoms with Crippen molar-refractivity contribution < 1.29 is 27.5 Å². The van der Waals surface area contributed by atoms with Gasteiger partial charge in [0.1, 0.15) is 5.75 Å². The number of nitrogens with zero attached hydrogens (tertiary/aromatic N) is 1. The second kappa shape index (κ2) is 8.73. The lowest BCUT2D eigenvalue weighted by molar-refractivity contribution is -0.160. The fourth-order valence-corrected chi connectivity index (χ4v) is 4.69. The number of rotatable bonds is 7. The SMILES string of the molecule is CC(C)c1ccc(OCC(=O)O[C@H](C)C(=O)N(C)[C@@H]2CCS(=O)(=O)C2)cc1. The second-order valence-corrected chi connectivity index (χ2v) is 9.38. The number of hydrogen-bond donors (Lipinski definition) is 0. The molecule has 1 aliphatic heterocycles.